The molecular weight excluding hydrogens is 373 g/mol. The molecule has 3 N–H and O–H groups in total. The molecule has 0 spiro atoms. The molecule has 0 aliphatic heterocycles. The van der Waals surface area contributed by atoms with E-state index in [2.05, 4.69) is 10.6 Å². The van der Waals surface area contributed by atoms with E-state index in [0.717, 1.165) is 10.5 Å². The lowest BCUT2D eigenvalue weighted by Gasteiger charge is -2.18. The van der Waals surface area contributed by atoms with Crippen molar-refractivity contribution in [3.63, 3.8) is 0 Å². The number of hydrogen-bond donors (Lipinski definition) is 3. The summed E-state index contributed by atoms with van der Waals surface area (Å²) in [4.78, 5) is 25.1. The zero-order valence-corrected chi connectivity index (χ0v) is 16.2. The van der Waals surface area contributed by atoms with Crippen LogP contribution in [0.25, 0.3) is 0 Å². The molecule has 0 aromatic heterocycles. The number of nitrogens with one attached hydrogen (secondary N) is 3. The van der Waals surface area contributed by atoms with Gasteiger partial charge in [-0.2, -0.15) is 0 Å². The second-order valence-electron chi connectivity index (χ2n) is 6.15. The molecule has 7 heteroatoms. The molecule has 0 radical (unpaired) electrons. The Bertz CT molecular complexity index is 783. The summed E-state index contributed by atoms with van der Waals surface area (Å²) in [6, 6.07) is 14.2. The number of halogens is 2. The zero-order chi connectivity index (χ0) is 19.1. The summed E-state index contributed by atoms with van der Waals surface area (Å²) in [5.41, 5.74) is 1.42. The molecule has 0 heterocycles. The standard InChI is InChI=1S/C19H21Cl2N3O2/c1-13(14-7-3-4-8-15(14)20)22-18(25)11-24(2)12-19(26)23-17-10-6-5-9-16(17)21/h3-10,13H,11-12H2,1-2H3,(H,22,25)(H,23,26)/p+1/t13-/m1/s1. The molecule has 0 bridgehead atoms. The van der Waals surface area contributed by atoms with E-state index in [0.29, 0.717) is 15.7 Å². The third-order valence-electron chi connectivity index (χ3n) is 3.82. The summed E-state index contributed by atoms with van der Waals surface area (Å²) in [6.45, 7) is 2.20. The fourth-order valence-corrected chi connectivity index (χ4v) is 3.05. The van der Waals surface area contributed by atoms with Gasteiger partial charge < -0.3 is 15.5 Å². The molecule has 0 saturated heterocycles. The third-order valence-corrected chi connectivity index (χ3v) is 4.50. The minimum Gasteiger partial charge on any atom is -0.345 e. The Balaban J connectivity index is 1.82. The number of benzene rings is 2. The van der Waals surface area contributed by atoms with Crippen molar-refractivity contribution in [2.75, 3.05) is 25.5 Å². The van der Waals surface area contributed by atoms with Gasteiger partial charge >= 0.3 is 0 Å². The van der Waals surface area contributed by atoms with Gasteiger partial charge in [0.05, 0.1) is 23.8 Å². The number of quaternary nitrogens is 1. The highest BCUT2D eigenvalue weighted by molar-refractivity contribution is 6.33. The van der Waals surface area contributed by atoms with E-state index in [9.17, 15) is 9.59 Å². The van der Waals surface area contributed by atoms with Gasteiger partial charge in [-0.3, -0.25) is 9.59 Å². The average Bonchev–Trinajstić information content (AvgIpc) is 2.56. The molecule has 2 aromatic rings. The Morgan fingerprint density at radius 1 is 0.962 bits per heavy atom. The third kappa shape index (κ3) is 6.02. The van der Waals surface area contributed by atoms with Crippen LogP contribution in [0.2, 0.25) is 10.0 Å². The van der Waals surface area contributed by atoms with Gasteiger partial charge in [0.25, 0.3) is 11.8 Å². The smallest absolute Gasteiger partial charge is 0.279 e. The molecule has 0 aliphatic rings. The molecule has 2 amide bonds. The summed E-state index contributed by atoms with van der Waals surface area (Å²) in [6.07, 6.45) is 0. The van der Waals surface area contributed by atoms with Crippen LogP contribution in [-0.4, -0.2) is 32.0 Å². The maximum absolute atomic E-state index is 12.2. The summed E-state index contributed by atoms with van der Waals surface area (Å²) >= 11 is 12.2. The van der Waals surface area contributed by atoms with Crippen LogP contribution >= 0.6 is 23.2 Å². The Hall–Kier alpha value is -2.08. The largest absolute Gasteiger partial charge is 0.345 e. The van der Waals surface area contributed by atoms with Crippen LogP contribution < -0.4 is 15.5 Å². The molecule has 1 unspecified atom stereocenters. The van der Waals surface area contributed by atoms with Crippen LogP contribution in [0.4, 0.5) is 5.69 Å². The lowest BCUT2D eigenvalue weighted by Crippen LogP contribution is -3.11. The van der Waals surface area contributed by atoms with E-state index in [1.807, 2.05) is 25.1 Å². The van der Waals surface area contributed by atoms with Gasteiger partial charge in [-0.15, -0.1) is 0 Å². The van der Waals surface area contributed by atoms with E-state index in [4.69, 9.17) is 23.2 Å². The van der Waals surface area contributed by atoms with Gasteiger partial charge in [0.15, 0.2) is 13.1 Å². The van der Waals surface area contributed by atoms with Gasteiger partial charge in [-0.25, -0.2) is 0 Å². The van der Waals surface area contributed by atoms with E-state index >= 15 is 0 Å². The Labute approximate surface area is 163 Å². The SMILES string of the molecule is C[C@@H](NC(=O)C[NH+](C)CC(=O)Nc1ccccc1Cl)c1ccccc1Cl. The van der Waals surface area contributed by atoms with Crippen molar-refractivity contribution in [1.82, 2.24) is 5.32 Å². The second-order valence-corrected chi connectivity index (χ2v) is 6.96. The topological polar surface area (TPSA) is 62.6 Å². The molecule has 5 nitrogen and oxygen atoms in total. The maximum Gasteiger partial charge on any atom is 0.279 e. The molecule has 0 saturated carbocycles. The monoisotopic (exact) mass is 394 g/mol. The first-order valence-electron chi connectivity index (χ1n) is 8.26. The highest BCUT2D eigenvalue weighted by Gasteiger charge is 2.18. The average molecular weight is 395 g/mol. The molecule has 2 atom stereocenters. The number of carbonyl (C=O) groups is 2. The highest BCUT2D eigenvalue weighted by Crippen LogP contribution is 2.22. The van der Waals surface area contributed by atoms with E-state index in [1.165, 1.54) is 0 Å². The number of para-hydroxylation sites is 1. The van der Waals surface area contributed by atoms with Gasteiger partial charge in [0.1, 0.15) is 0 Å². The number of amides is 2. The van der Waals surface area contributed by atoms with Crippen molar-refractivity contribution in [2.24, 2.45) is 0 Å². The van der Waals surface area contributed by atoms with Gasteiger partial charge in [-0.05, 0) is 30.7 Å². The molecule has 2 aromatic carbocycles. The Morgan fingerprint density at radius 2 is 1.54 bits per heavy atom. The summed E-state index contributed by atoms with van der Waals surface area (Å²) in [7, 11) is 1.78. The normalized spacial score (nSPS) is 12.9. The summed E-state index contributed by atoms with van der Waals surface area (Å²) < 4.78 is 0. The Kier molecular flexibility index (Phi) is 7.45. The minimum absolute atomic E-state index is 0.152. The fourth-order valence-electron chi connectivity index (χ4n) is 2.56. The lowest BCUT2D eigenvalue weighted by atomic mass is 10.1. The van der Waals surface area contributed by atoms with E-state index in [-0.39, 0.29) is 30.9 Å². The van der Waals surface area contributed by atoms with Crippen LogP contribution in [0, 0.1) is 0 Å². The first-order valence-corrected chi connectivity index (χ1v) is 9.02. The first kappa shape index (κ1) is 20.2. The van der Waals surface area contributed by atoms with Gasteiger partial charge in [0.2, 0.25) is 0 Å². The van der Waals surface area contributed by atoms with Crippen molar-refractivity contribution in [3.8, 4) is 0 Å². The van der Waals surface area contributed by atoms with Crippen LogP contribution in [-0.2, 0) is 9.59 Å². The Morgan fingerprint density at radius 3 is 2.19 bits per heavy atom. The van der Waals surface area contributed by atoms with Gasteiger partial charge in [0, 0.05) is 5.02 Å². The zero-order valence-electron chi connectivity index (χ0n) is 14.7. The molecule has 2 rings (SSSR count). The number of hydrogen-bond acceptors (Lipinski definition) is 2. The van der Waals surface area contributed by atoms with Crippen molar-refractivity contribution in [1.29, 1.82) is 0 Å². The van der Waals surface area contributed by atoms with Crippen LogP contribution in [0.15, 0.2) is 48.5 Å². The number of rotatable bonds is 7. The molecule has 26 heavy (non-hydrogen) atoms. The molecule has 0 fully saturated rings. The number of anilines is 1. The van der Waals surface area contributed by atoms with E-state index in [1.54, 1.807) is 37.4 Å². The van der Waals surface area contributed by atoms with Crippen LogP contribution in [0.1, 0.15) is 18.5 Å². The summed E-state index contributed by atoms with van der Waals surface area (Å²) in [5, 5.41) is 6.74. The number of carbonyl (C=O) groups excluding carboxylic acids is 2. The van der Waals surface area contributed by atoms with Crippen molar-refractivity contribution < 1.29 is 14.5 Å². The maximum atomic E-state index is 12.2. The summed E-state index contributed by atoms with van der Waals surface area (Å²) in [5.74, 6) is -0.358. The van der Waals surface area contributed by atoms with Crippen molar-refractivity contribution in [3.05, 3.63) is 64.1 Å². The fraction of sp³-hybridized carbons (Fsp3) is 0.263. The minimum atomic E-state index is -0.207. The van der Waals surface area contributed by atoms with Crippen LogP contribution in [0.5, 0.6) is 0 Å². The van der Waals surface area contributed by atoms with Crippen molar-refractivity contribution >= 4 is 40.7 Å². The van der Waals surface area contributed by atoms with Gasteiger partial charge in [-0.1, -0.05) is 53.5 Å². The molecular formula is C19H22Cl2N3O2+. The first-order chi connectivity index (χ1) is 12.4. The highest BCUT2D eigenvalue weighted by atomic mass is 35.5. The molecule has 138 valence electrons. The van der Waals surface area contributed by atoms with Crippen LogP contribution in [0.3, 0.4) is 0 Å². The number of likely N-dealkylation sites (N-methyl/N-ethyl adjacent to an activating group) is 1. The lowest BCUT2D eigenvalue weighted by molar-refractivity contribution is -0.862. The molecule has 0 aliphatic carbocycles. The van der Waals surface area contributed by atoms with E-state index < -0.39 is 0 Å². The predicted octanol–water partition coefficient (Wildman–Crippen LogP) is 2.32. The predicted molar refractivity (Wildman–Crippen MR) is 105 cm³/mol. The quantitative estimate of drug-likeness (QED) is 0.674. The van der Waals surface area contributed by atoms with Crippen molar-refractivity contribution in [2.45, 2.75) is 13.0 Å². The second kappa shape index (κ2) is 9.57.